The molecule has 29 heavy (non-hydrogen) atoms. The number of carbonyl (C=O) groups excluding carboxylic acids is 1. The molecule has 4 rings (SSSR count). The summed E-state index contributed by atoms with van der Waals surface area (Å²) in [4.78, 5) is 21.1. The molecule has 5 nitrogen and oxygen atoms in total. The summed E-state index contributed by atoms with van der Waals surface area (Å²) >= 11 is 0. The van der Waals surface area contributed by atoms with Crippen molar-refractivity contribution < 1.29 is 4.79 Å². The molecule has 0 unspecified atom stereocenters. The fraction of sp³-hybridized carbons (Fsp3) is 0.250. The highest BCUT2D eigenvalue weighted by Crippen LogP contribution is 2.24. The lowest BCUT2D eigenvalue weighted by atomic mass is 10.0. The van der Waals surface area contributed by atoms with Gasteiger partial charge < -0.3 is 10.2 Å². The summed E-state index contributed by atoms with van der Waals surface area (Å²) in [5, 5.41) is 3.42. The second-order valence-electron chi connectivity index (χ2n) is 7.46. The summed E-state index contributed by atoms with van der Waals surface area (Å²) in [6.45, 7) is 3.49. The Balaban J connectivity index is 1.46. The molecule has 2 aromatic carbocycles. The van der Waals surface area contributed by atoms with E-state index in [2.05, 4.69) is 47.6 Å². The third-order valence-electron chi connectivity index (χ3n) is 5.48. The molecular weight excluding hydrogens is 360 g/mol. The molecule has 5 heteroatoms. The first kappa shape index (κ1) is 19.0. The van der Waals surface area contributed by atoms with Crippen molar-refractivity contribution in [2.45, 2.75) is 25.9 Å². The number of nitrogens with zero attached hydrogens (tertiary/aromatic N) is 3. The number of rotatable bonds is 4. The van der Waals surface area contributed by atoms with Crippen LogP contribution in [0.2, 0.25) is 0 Å². The maximum atomic E-state index is 13.1. The van der Waals surface area contributed by atoms with Crippen molar-refractivity contribution in [3.05, 3.63) is 89.6 Å². The van der Waals surface area contributed by atoms with Crippen LogP contribution in [0, 0.1) is 0 Å². The van der Waals surface area contributed by atoms with Crippen LogP contribution < -0.4 is 10.2 Å². The van der Waals surface area contributed by atoms with Gasteiger partial charge in [-0.2, -0.15) is 0 Å². The van der Waals surface area contributed by atoms with Gasteiger partial charge >= 0.3 is 6.03 Å². The van der Waals surface area contributed by atoms with E-state index in [0.29, 0.717) is 6.54 Å². The number of hydrogen-bond acceptors (Lipinski definition) is 3. The van der Waals surface area contributed by atoms with Gasteiger partial charge in [-0.05, 0) is 36.1 Å². The fourth-order valence-corrected chi connectivity index (χ4v) is 3.74. The van der Waals surface area contributed by atoms with E-state index < -0.39 is 0 Å². The average Bonchev–Trinajstić information content (AvgIpc) is 2.78. The minimum absolute atomic E-state index is 0.00719. The highest BCUT2D eigenvalue weighted by molar-refractivity contribution is 5.92. The topological polar surface area (TPSA) is 48.5 Å². The number of hydrogen-bond donors (Lipinski definition) is 1. The van der Waals surface area contributed by atoms with Crippen LogP contribution in [0.3, 0.4) is 0 Å². The van der Waals surface area contributed by atoms with Crippen molar-refractivity contribution in [1.29, 1.82) is 0 Å². The van der Waals surface area contributed by atoms with E-state index in [-0.39, 0.29) is 12.1 Å². The Morgan fingerprint density at radius 2 is 1.79 bits per heavy atom. The first-order chi connectivity index (χ1) is 14.1. The lowest BCUT2D eigenvalue weighted by Crippen LogP contribution is -2.43. The molecule has 0 saturated heterocycles. The molecule has 1 aromatic heterocycles. The monoisotopic (exact) mass is 386 g/mol. The van der Waals surface area contributed by atoms with Crippen molar-refractivity contribution in [3.63, 3.8) is 0 Å². The molecule has 0 radical (unpaired) electrons. The molecule has 2 heterocycles. The SMILES string of the molecule is C[C@@H](Nc1cc(N(C)C(=O)N2CCc3ccccc3C2)ccn1)c1ccccc1. The van der Waals surface area contributed by atoms with Crippen LogP contribution in [0.1, 0.15) is 29.7 Å². The van der Waals surface area contributed by atoms with E-state index in [1.54, 1.807) is 11.1 Å². The van der Waals surface area contributed by atoms with Gasteiger partial charge in [0, 0.05) is 38.4 Å². The molecule has 1 atom stereocenters. The molecule has 0 spiro atoms. The largest absolute Gasteiger partial charge is 0.363 e. The highest BCUT2D eigenvalue weighted by Gasteiger charge is 2.24. The molecule has 1 N–H and O–H groups in total. The molecule has 3 aromatic rings. The lowest BCUT2D eigenvalue weighted by Gasteiger charge is -2.32. The zero-order valence-corrected chi connectivity index (χ0v) is 16.9. The number of amides is 2. The molecule has 0 fully saturated rings. The number of nitrogens with one attached hydrogen (secondary N) is 1. The summed E-state index contributed by atoms with van der Waals surface area (Å²) in [6.07, 6.45) is 2.64. The number of anilines is 2. The number of urea groups is 1. The Morgan fingerprint density at radius 1 is 1.07 bits per heavy atom. The Morgan fingerprint density at radius 3 is 2.59 bits per heavy atom. The molecule has 0 bridgehead atoms. The quantitative estimate of drug-likeness (QED) is 0.696. The van der Waals surface area contributed by atoms with Gasteiger partial charge in [-0.3, -0.25) is 4.90 Å². The van der Waals surface area contributed by atoms with Crippen LogP contribution in [-0.2, 0) is 13.0 Å². The molecule has 0 aliphatic carbocycles. The number of pyridine rings is 1. The second-order valence-corrected chi connectivity index (χ2v) is 7.46. The van der Waals surface area contributed by atoms with Gasteiger partial charge in [0.15, 0.2) is 0 Å². The van der Waals surface area contributed by atoms with Gasteiger partial charge in [0.1, 0.15) is 5.82 Å². The first-order valence-electron chi connectivity index (χ1n) is 9.99. The summed E-state index contributed by atoms with van der Waals surface area (Å²) in [5.74, 6) is 0.752. The zero-order valence-electron chi connectivity index (χ0n) is 16.9. The first-order valence-corrected chi connectivity index (χ1v) is 9.99. The number of fused-ring (bicyclic) bond motifs is 1. The molecule has 0 saturated carbocycles. The number of benzene rings is 2. The number of carbonyl (C=O) groups is 1. The summed E-state index contributed by atoms with van der Waals surface area (Å²) in [7, 11) is 1.82. The Hall–Kier alpha value is -3.34. The van der Waals surface area contributed by atoms with E-state index in [0.717, 1.165) is 24.5 Å². The maximum Gasteiger partial charge on any atom is 0.324 e. The highest BCUT2D eigenvalue weighted by atomic mass is 16.2. The molecule has 1 aliphatic rings. The van der Waals surface area contributed by atoms with Crippen molar-refractivity contribution in [2.24, 2.45) is 0 Å². The Labute approximate surface area is 172 Å². The van der Waals surface area contributed by atoms with Gasteiger partial charge in [0.2, 0.25) is 0 Å². The van der Waals surface area contributed by atoms with Gasteiger partial charge in [-0.15, -0.1) is 0 Å². The van der Waals surface area contributed by atoms with Crippen molar-refractivity contribution in [2.75, 3.05) is 23.8 Å². The minimum atomic E-state index is 0.00719. The van der Waals surface area contributed by atoms with E-state index in [4.69, 9.17) is 0 Å². The summed E-state index contributed by atoms with van der Waals surface area (Å²) in [6, 6.07) is 22.5. The third kappa shape index (κ3) is 4.24. The summed E-state index contributed by atoms with van der Waals surface area (Å²) in [5.41, 5.74) is 4.58. The maximum absolute atomic E-state index is 13.1. The van der Waals surface area contributed by atoms with Crippen molar-refractivity contribution in [1.82, 2.24) is 9.88 Å². The lowest BCUT2D eigenvalue weighted by molar-refractivity contribution is 0.200. The van der Waals surface area contributed by atoms with E-state index in [1.807, 2.05) is 48.3 Å². The summed E-state index contributed by atoms with van der Waals surface area (Å²) < 4.78 is 0. The average molecular weight is 386 g/mol. The van der Waals surface area contributed by atoms with E-state index >= 15 is 0 Å². The molecule has 2 amide bonds. The van der Waals surface area contributed by atoms with E-state index in [1.165, 1.54) is 16.7 Å². The van der Waals surface area contributed by atoms with Crippen molar-refractivity contribution in [3.8, 4) is 0 Å². The predicted octanol–water partition coefficient (Wildman–Crippen LogP) is 4.87. The van der Waals surface area contributed by atoms with Crippen LogP contribution >= 0.6 is 0 Å². The molecule has 1 aliphatic heterocycles. The second kappa shape index (κ2) is 8.35. The van der Waals surface area contributed by atoms with E-state index in [9.17, 15) is 4.79 Å². The Kier molecular flexibility index (Phi) is 5.47. The minimum Gasteiger partial charge on any atom is -0.363 e. The molecular formula is C24H26N4O. The third-order valence-corrected chi connectivity index (χ3v) is 5.48. The van der Waals surface area contributed by atoms with Gasteiger partial charge in [0.25, 0.3) is 0 Å². The zero-order chi connectivity index (χ0) is 20.2. The predicted molar refractivity (Wildman–Crippen MR) is 117 cm³/mol. The molecule has 148 valence electrons. The van der Waals surface area contributed by atoms with Gasteiger partial charge in [-0.1, -0.05) is 54.6 Å². The van der Waals surface area contributed by atoms with Crippen LogP contribution in [0.4, 0.5) is 16.3 Å². The van der Waals surface area contributed by atoms with Crippen LogP contribution in [0.5, 0.6) is 0 Å². The van der Waals surface area contributed by atoms with Crippen LogP contribution in [0.25, 0.3) is 0 Å². The van der Waals surface area contributed by atoms with Crippen LogP contribution in [0.15, 0.2) is 72.9 Å². The fourth-order valence-electron chi connectivity index (χ4n) is 3.74. The standard InChI is InChI=1S/C24H26N4O/c1-18(19-8-4-3-5-9-19)26-23-16-22(12-14-25-23)27(2)24(29)28-15-13-20-10-6-7-11-21(20)17-28/h3-12,14,16,18H,13,15,17H2,1-2H3,(H,25,26)/t18-/m1/s1. The van der Waals surface area contributed by atoms with Crippen LogP contribution in [-0.4, -0.2) is 29.5 Å². The number of aromatic nitrogens is 1. The smallest absolute Gasteiger partial charge is 0.324 e. The van der Waals surface area contributed by atoms with Gasteiger partial charge in [-0.25, -0.2) is 9.78 Å². The Bertz CT molecular complexity index is 989. The van der Waals surface area contributed by atoms with Gasteiger partial charge in [0.05, 0.1) is 5.69 Å². The normalized spacial score (nSPS) is 14.1. The van der Waals surface area contributed by atoms with Crippen molar-refractivity contribution >= 4 is 17.5 Å².